The predicted molar refractivity (Wildman–Crippen MR) is 55.2 cm³/mol. The molecule has 0 aromatic heterocycles. The van der Waals surface area contributed by atoms with Crippen molar-refractivity contribution in [3.63, 3.8) is 0 Å². The maximum atomic E-state index is 10.6. The van der Waals surface area contributed by atoms with Gasteiger partial charge in [0.1, 0.15) is 6.04 Å². The van der Waals surface area contributed by atoms with Gasteiger partial charge in [0.2, 0.25) is 0 Å². The molecule has 0 aliphatic heterocycles. The maximum Gasteiger partial charge on any atom is 0.320 e. The van der Waals surface area contributed by atoms with Gasteiger partial charge in [0.05, 0.1) is 6.10 Å². The Bertz CT molecular complexity index is 171. The summed E-state index contributed by atoms with van der Waals surface area (Å²) >= 11 is 0. The van der Waals surface area contributed by atoms with Crippen molar-refractivity contribution >= 4 is 5.97 Å². The van der Waals surface area contributed by atoms with Crippen LogP contribution in [0.3, 0.4) is 0 Å². The van der Waals surface area contributed by atoms with Crippen LogP contribution in [0.1, 0.15) is 33.6 Å². The molecule has 2 unspecified atom stereocenters. The predicted octanol–water partition coefficient (Wildman–Crippen LogP) is 0.846. The van der Waals surface area contributed by atoms with Gasteiger partial charge in [-0.15, -0.1) is 0 Å². The van der Waals surface area contributed by atoms with E-state index < -0.39 is 18.1 Å². The fraction of sp³-hybridized carbons (Fsp3) is 0.900. The van der Waals surface area contributed by atoms with E-state index >= 15 is 0 Å². The Labute approximate surface area is 85.3 Å². The zero-order valence-corrected chi connectivity index (χ0v) is 9.16. The number of carboxylic acids is 1. The molecule has 84 valence electrons. The second-order valence-electron chi connectivity index (χ2n) is 3.99. The molecule has 0 aliphatic rings. The second-order valence-corrected chi connectivity index (χ2v) is 3.99. The molecule has 0 bridgehead atoms. The van der Waals surface area contributed by atoms with E-state index in [1.165, 1.54) is 0 Å². The van der Waals surface area contributed by atoms with Crippen LogP contribution in [-0.4, -0.2) is 34.9 Å². The summed E-state index contributed by atoms with van der Waals surface area (Å²) in [5.74, 6) is -0.430. The number of aliphatic hydroxyl groups excluding tert-OH is 1. The summed E-state index contributed by atoms with van der Waals surface area (Å²) in [5, 5.41) is 21.0. The molecule has 0 aromatic carbocycles. The SMILES string of the molecule is CCC(NCC(O)CC(C)C)C(=O)O. The van der Waals surface area contributed by atoms with Gasteiger partial charge in [-0.3, -0.25) is 4.79 Å². The van der Waals surface area contributed by atoms with Gasteiger partial charge in [-0.2, -0.15) is 0 Å². The van der Waals surface area contributed by atoms with Crippen molar-refractivity contribution in [2.45, 2.75) is 45.8 Å². The van der Waals surface area contributed by atoms with Crippen LogP contribution in [-0.2, 0) is 4.79 Å². The Kier molecular flexibility index (Phi) is 6.49. The number of aliphatic carboxylic acids is 1. The number of nitrogens with one attached hydrogen (secondary N) is 1. The minimum Gasteiger partial charge on any atom is -0.480 e. The normalized spacial score (nSPS) is 15.5. The van der Waals surface area contributed by atoms with Crippen LogP contribution < -0.4 is 5.32 Å². The number of hydrogen-bond donors (Lipinski definition) is 3. The Morgan fingerprint density at radius 2 is 2.00 bits per heavy atom. The Balaban J connectivity index is 3.73. The molecule has 4 nitrogen and oxygen atoms in total. The highest BCUT2D eigenvalue weighted by Gasteiger charge is 2.15. The lowest BCUT2D eigenvalue weighted by atomic mass is 10.1. The zero-order valence-electron chi connectivity index (χ0n) is 9.16. The van der Waals surface area contributed by atoms with Crippen molar-refractivity contribution in [1.82, 2.24) is 5.32 Å². The molecule has 0 fully saturated rings. The molecular formula is C10H21NO3. The quantitative estimate of drug-likeness (QED) is 0.573. The smallest absolute Gasteiger partial charge is 0.320 e. The van der Waals surface area contributed by atoms with Crippen molar-refractivity contribution in [3.05, 3.63) is 0 Å². The monoisotopic (exact) mass is 203 g/mol. The van der Waals surface area contributed by atoms with E-state index in [0.29, 0.717) is 25.3 Å². The van der Waals surface area contributed by atoms with Gasteiger partial charge in [-0.05, 0) is 18.8 Å². The van der Waals surface area contributed by atoms with Gasteiger partial charge in [-0.1, -0.05) is 20.8 Å². The van der Waals surface area contributed by atoms with Crippen molar-refractivity contribution < 1.29 is 15.0 Å². The Morgan fingerprint density at radius 1 is 1.43 bits per heavy atom. The van der Waals surface area contributed by atoms with Crippen molar-refractivity contribution in [2.24, 2.45) is 5.92 Å². The second kappa shape index (κ2) is 6.79. The molecule has 3 N–H and O–H groups in total. The molecule has 0 aromatic rings. The standard InChI is InChI=1S/C10H21NO3/c1-4-9(10(13)14)11-6-8(12)5-7(2)3/h7-9,11-12H,4-6H2,1-3H3,(H,13,14). The summed E-state index contributed by atoms with van der Waals surface area (Å²) < 4.78 is 0. The molecule has 0 amide bonds. The lowest BCUT2D eigenvalue weighted by Crippen LogP contribution is -2.40. The average Bonchev–Trinajstić information content (AvgIpc) is 2.03. The van der Waals surface area contributed by atoms with Gasteiger partial charge < -0.3 is 15.5 Å². The van der Waals surface area contributed by atoms with Crippen molar-refractivity contribution in [2.75, 3.05) is 6.54 Å². The third kappa shape index (κ3) is 5.94. The highest BCUT2D eigenvalue weighted by molar-refractivity contribution is 5.73. The molecule has 0 saturated heterocycles. The van der Waals surface area contributed by atoms with Crippen LogP contribution in [0.4, 0.5) is 0 Å². The van der Waals surface area contributed by atoms with Crippen molar-refractivity contribution in [3.8, 4) is 0 Å². The first kappa shape index (κ1) is 13.4. The van der Waals surface area contributed by atoms with E-state index in [4.69, 9.17) is 5.11 Å². The molecule has 0 spiro atoms. The largest absolute Gasteiger partial charge is 0.480 e. The lowest BCUT2D eigenvalue weighted by Gasteiger charge is -2.17. The molecule has 0 radical (unpaired) electrons. The number of carbonyl (C=O) groups is 1. The average molecular weight is 203 g/mol. The number of aliphatic hydroxyl groups is 1. The highest BCUT2D eigenvalue weighted by atomic mass is 16.4. The molecule has 2 atom stereocenters. The van der Waals surface area contributed by atoms with Crippen LogP contribution in [0.25, 0.3) is 0 Å². The topological polar surface area (TPSA) is 69.6 Å². The molecule has 0 rings (SSSR count). The molecule has 4 heteroatoms. The first-order chi connectivity index (χ1) is 6.47. The van der Waals surface area contributed by atoms with Crippen molar-refractivity contribution in [1.29, 1.82) is 0 Å². The van der Waals surface area contributed by atoms with Crippen LogP contribution in [0, 0.1) is 5.92 Å². The summed E-state index contributed by atoms with van der Waals surface area (Å²) in [4.78, 5) is 10.6. The van der Waals surface area contributed by atoms with E-state index in [1.807, 2.05) is 13.8 Å². The highest BCUT2D eigenvalue weighted by Crippen LogP contribution is 2.03. The van der Waals surface area contributed by atoms with Gasteiger partial charge in [0.15, 0.2) is 0 Å². The third-order valence-corrected chi connectivity index (χ3v) is 2.05. The van der Waals surface area contributed by atoms with Crippen LogP contribution in [0.5, 0.6) is 0 Å². The van der Waals surface area contributed by atoms with Crippen LogP contribution >= 0.6 is 0 Å². The van der Waals surface area contributed by atoms with Crippen LogP contribution in [0.15, 0.2) is 0 Å². The van der Waals surface area contributed by atoms with Gasteiger partial charge in [-0.25, -0.2) is 0 Å². The fourth-order valence-electron chi connectivity index (χ4n) is 1.31. The Hall–Kier alpha value is -0.610. The minimum atomic E-state index is -0.857. The van der Waals surface area contributed by atoms with E-state index in [2.05, 4.69) is 5.32 Å². The lowest BCUT2D eigenvalue weighted by molar-refractivity contribution is -0.139. The summed E-state index contributed by atoms with van der Waals surface area (Å²) in [5.41, 5.74) is 0. The fourth-order valence-corrected chi connectivity index (χ4v) is 1.31. The third-order valence-electron chi connectivity index (χ3n) is 2.05. The first-order valence-electron chi connectivity index (χ1n) is 5.11. The molecule has 0 aliphatic carbocycles. The van der Waals surface area contributed by atoms with E-state index in [1.54, 1.807) is 6.92 Å². The van der Waals surface area contributed by atoms with E-state index in [9.17, 15) is 9.90 Å². The first-order valence-corrected chi connectivity index (χ1v) is 5.11. The number of carboxylic acid groups (broad SMARTS) is 1. The van der Waals surface area contributed by atoms with E-state index in [-0.39, 0.29) is 0 Å². The molecular weight excluding hydrogens is 182 g/mol. The minimum absolute atomic E-state index is 0.350. The maximum absolute atomic E-state index is 10.6. The molecule has 0 saturated carbocycles. The van der Waals surface area contributed by atoms with Gasteiger partial charge >= 0.3 is 5.97 Å². The summed E-state index contributed by atoms with van der Waals surface area (Å²) in [6.45, 7) is 6.21. The summed E-state index contributed by atoms with van der Waals surface area (Å²) in [7, 11) is 0. The zero-order chi connectivity index (χ0) is 11.1. The van der Waals surface area contributed by atoms with Gasteiger partial charge in [0.25, 0.3) is 0 Å². The molecule has 0 heterocycles. The summed E-state index contributed by atoms with van der Waals surface area (Å²) in [6.07, 6.45) is 0.774. The van der Waals surface area contributed by atoms with E-state index in [0.717, 1.165) is 0 Å². The number of rotatable bonds is 7. The number of hydrogen-bond acceptors (Lipinski definition) is 3. The summed E-state index contributed by atoms with van der Waals surface area (Å²) in [6, 6.07) is -0.545. The van der Waals surface area contributed by atoms with Gasteiger partial charge in [0, 0.05) is 6.54 Å². The Morgan fingerprint density at radius 3 is 2.36 bits per heavy atom. The molecule has 14 heavy (non-hydrogen) atoms. The van der Waals surface area contributed by atoms with Crippen LogP contribution in [0.2, 0.25) is 0 Å².